The van der Waals surface area contributed by atoms with Gasteiger partial charge in [-0.15, -0.1) is 22.7 Å². The minimum atomic E-state index is 0.645. The Kier molecular flexibility index (Phi) is 14.8. The Morgan fingerprint density at radius 2 is 0.551 bits per heavy atom. The Bertz CT molecular complexity index is 7130. The van der Waals surface area contributed by atoms with Crippen LogP contribution in [-0.2, 0) is 0 Å². The van der Waals surface area contributed by atoms with Crippen molar-refractivity contribution in [3.05, 3.63) is 352 Å². The van der Waals surface area contributed by atoms with Crippen LogP contribution in [0.25, 0.3) is 208 Å². The molecule has 0 spiro atoms. The molecular formula is C96H58N8OS2. The summed E-state index contributed by atoms with van der Waals surface area (Å²) in [6, 6.07) is 124. The number of hydrogen-bond acceptors (Lipinski definition) is 9. The van der Waals surface area contributed by atoms with Gasteiger partial charge in [0.1, 0.15) is 11.2 Å². The van der Waals surface area contributed by atoms with Crippen LogP contribution >= 0.6 is 22.7 Å². The van der Waals surface area contributed by atoms with Gasteiger partial charge in [0.05, 0.1) is 22.1 Å². The lowest BCUT2D eigenvalue weighted by Gasteiger charge is -2.11. The van der Waals surface area contributed by atoms with E-state index in [4.69, 9.17) is 34.3 Å². The lowest BCUT2D eigenvalue weighted by atomic mass is 10.0. The fourth-order valence-electron chi connectivity index (χ4n) is 15.4. The summed E-state index contributed by atoms with van der Waals surface area (Å²) in [4.78, 5) is 29.7. The molecule has 9 nitrogen and oxygen atoms in total. The Morgan fingerprint density at radius 1 is 0.206 bits per heavy atom. The predicted molar refractivity (Wildman–Crippen MR) is 445 cm³/mol. The van der Waals surface area contributed by atoms with E-state index < -0.39 is 0 Å². The molecule has 0 radical (unpaired) electrons. The number of nitrogens with zero attached hydrogens (tertiary/aromatic N) is 8. The molecule has 107 heavy (non-hydrogen) atoms. The molecule has 0 aliphatic rings. The Morgan fingerprint density at radius 3 is 1.11 bits per heavy atom. The van der Waals surface area contributed by atoms with Crippen molar-refractivity contribution >= 4 is 129 Å². The van der Waals surface area contributed by atoms with E-state index in [1.54, 1.807) is 0 Å². The third-order valence-corrected chi connectivity index (χ3v) is 22.8. The molecule has 11 heteroatoms. The third-order valence-electron chi connectivity index (χ3n) is 20.5. The van der Waals surface area contributed by atoms with Crippen molar-refractivity contribution in [1.29, 1.82) is 0 Å². The van der Waals surface area contributed by atoms with Crippen molar-refractivity contribution in [3.63, 3.8) is 0 Å². The van der Waals surface area contributed by atoms with Crippen LogP contribution in [0.3, 0.4) is 0 Å². The van der Waals surface area contributed by atoms with Crippen LogP contribution < -0.4 is 0 Å². The molecule has 22 aromatic rings. The van der Waals surface area contributed by atoms with Crippen molar-refractivity contribution in [2.75, 3.05) is 0 Å². The van der Waals surface area contributed by atoms with Gasteiger partial charge < -0.3 is 13.6 Å². The minimum absolute atomic E-state index is 0.645. The largest absolute Gasteiger partial charge is 0.455 e. The predicted octanol–water partition coefficient (Wildman–Crippen LogP) is 25.9. The number of benzene rings is 15. The van der Waals surface area contributed by atoms with Gasteiger partial charge in [-0.3, -0.25) is 0 Å². The first-order chi connectivity index (χ1) is 53.0. The van der Waals surface area contributed by atoms with Gasteiger partial charge in [0.25, 0.3) is 0 Å². The maximum atomic E-state index is 6.45. The zero-order chi connectivity index (χ0) is 70.5. The first-order valence-corrected chi connectivity index (χ1v) is 37.3. The van der Waals surface area contributed by atoms with E-state index in [1.807, 2.05) is 156 Å². The molecule has 0 aliphatic heterocycles. The minimum Gasteiger partial charge on any atom is -0.455 e. The number of furan rings is 1. The number of thiophene rings is 2. The molecule has 0 saturated carbocycles. The molecule has 22 rings (SSSR count). The molecule has 7 heterocycles. The normalized spacial score (nSPS) is 11.7. The van der Waals surface area contributed by atoms with E-state index >= 15 is 0 Å². The van der Waals surface area contributed by atoms with E-state index in [1.165, 1.54) is 89.6 Å². The zero-order valence-corrected chi connectivity index (χ0v) is 58.9. The van der Waals surface area contributed by atoms with Crippen LogP contribution in [0.15, 0.2) is 356 Å². The van der Waals surface area contributed by atoms with E-state index in [9.17, 15) is 0 Å². The van der Waals surface area contributed by atoms with E-state index in [2.05, 4.69) is 228 Å². The second kappa shape index (κ2) is 25.5. The Hall–Kier alpha value is -13.8. The number of hydrogen-bond donors (Lipinski definition) is 0. The zero-order valence-electron chi connectivity index (χ0n) is 57.3. The van der Waals surface area contributed by atoms with Crippen molar-refractivity contribution in [2.24, 2.45) is 0 Å². The van der Waals surface area contributed by atoms with Gasteiger partial charge in [-0.2, -0.15) is 0 Å². The lowest BCUT2D eigenvalue weighted by molar-refractivity contribution is 0.670. The van der Waals surface area contributed by atoms with E-state index in [0.29, 0.717) is 34.9 Å². The average molecular weight is 1400 g/mol. The van der Waals surface area contributed by atoms with Crippen LogP contribution in [0.1, 0.15) is 0 Å². The molecule has 7 aromatic heterocycles. The summed E-state index contributed by atoms with van der Waals surface area (Å²) >= 11 is 3.66. The topological polar surface area (TPSA) is 100 Å². The molecule has 0 unspecified atom stereocenters. The molecule has 500 valence electrons. The van der Waals surface area contributed by atoms with Crippen molar-refractivity contribution in [2.45, 2.75) is 0 Å². The molecule has 15 aromatic carbocycles. The molecule has 0 N–H and O–H groups in total. The molecule has 0 aliphatic carbocycles. The first kappa shape index (κ1) is 61.8. The fraction of sp³-hybridized carbons (Fsp3) is 0. The average Bonchev–Trinajstić information content (AvgIpc) is 1.58. The second-order valence-corrected chi connectivity index (χ2v) is 29.0. The summed E-state index contributed by atoms with van der Waals surface area (Å²) in [5.41, 5.74) is 19.1. The smallest absolute Gasteiger partial charge is 0.164 e. The second-order valence-electron chi connectivity index (χ2n) is 26.9. The van der Waals surface area contributed by atoms with Gasteiger partial charge >= 0.3 is 0 Å². The molecular weight excluding hydrogens is 1350 g/mol. The van der Waals surface area contributed by atoms with Gasteiger partial charge in [0.2, 0.25) is 0 Å². The highest BCUT2D eigenvalue weighted by atomic mass is 32.1. The molecule has 0 saturated heterocycles. The highest BCUT2D eigenvalue weighted by Gasteiger charge is 2.22. The lowest BCUT2D eigenvalue weighted by Crippen LogP contribution is -2.00. The summed E-state index contributed by atoms with van der Waals surface area (Å²) in [6.07, 6.45) is 0. The highest BCUT2D eigenvalue weighted by molar-refractivity contribution is 7.26. The molecule has 0 fully saturated rings. The van der Waals surface area contributed by atoms with Crippen LogP contribution in [-0.4, -0.2) is 39.0 Å². The van der Waals surface area contributed by atoms with Crippen molar-refractivity contribution < 1.29 is 4.42 Å². The number of aromatic nitrogens is 8. The number of rotatable bonds is 10. The maximum Gasteiger partial charge on any atom is 0.164 e. The van der Waals surface area contributed by atoms with Crippen molar-refractivity contribution in [3.8, 4) is 102 Å². The summed E-state index contributed by atoms with van der Waals surface area (Å²) in [6.45, 7) is 0. The summed E-state index contributed by atoms with van der Waals surface area (Å²) < 4.78 is 16.3. The monoisotopic (exact) mass is 1400 g/mol. The van der Waals surface area contributed by atoms with E-state index in [0.717, 1.165) is 83.3 Å². The summed E-state index contributed by atoms with van der Waals surface area (Å²) in [5.74, 6) is 3.91. The number of fused-ring (bicyclic) bond motifs is 15. The fourth-order valence-corrected chi connectivity index (χ4v) is 17.6. The standard InChI is InChI=1S/C51H30N4OS.C45H28N4S/c1-3-12-31(13-4-1)49-52-50(32-14-5-2-6-15-32)54-51(53-49)34-23-26-46-41(29-34)42-30-35(24-27-47(42)57-46)55-43-20-9-7-16-37(43)40-28-33(22-25-44(40)55)36-18-11-19-39-38-17-8-10-21-45(38)56-48(36)39;1-3-11-29(12-4-1)43-46-44(30-13-5-2-6-14-30)48-45(47-43)31-19-23-34(24-20-31)49-39-17-9-7-15-35(39)37-27-32(21-25-40(37)49)33-22-26-42-38(28-33)36-16-8-10-18-41(36)50-42/h1-30H;1-28H. The van der Waals surface area contributed by atoms with Gasteiger partial charge in [-0.25, -0.2) is 29.9 Å². The van der Waals surface area contributed by atoms with E-state index in [-0.39, 0.29) is 0 Å². The third kappa shape index (κ3) is 10.8. The molecule has 0 bridgehead atoms. The first-order valence-electron chi connectivity index (χ1n) is 35.7. The van der Waals surface area contributed by atoms with Crippen LogP contribution in [0.4, 0.5) is 0 Å². The van der Waals surface area contributed by atoms with Gasteiger partial charge in [0, 0.05) is 123 Å². The summed E-state index contributed by atoms with van der Waals surface area (Å²) in [5, 5.41) is 12.2. The van der Waals surface area contributed by atoms with Crippen molar-refractivity contribution in [1.82, 2.24) is 39.0 Å². The summed E-state index contributed by atoms with van der Waals surface area (Å²) in [7, 11) is 0. The van der Waals surface area contributed by atoms with Crippen LogP contribution in [0, 0.1) is 0 Å². The Labute approximate surface area is 621 Å². The van der Waals surface area contributed by atoms with Gasteiger partial charge in [-0.05, 0) is 138 Å². The van der Waals surface area contributed by atoms with Gasteiger partial charge in [-0.1, -0.05) is 231 Å². The van der Waals surface area contributed by atoms with Gasteiger partial charge in [0.15, 0.2) is 34.9 Å². The highest BCUT2D eigenvalue weighted by Crippen LogP contribution is 2.44. The molecule has 0 atom stereocenters. The number of para-hydroxylation sites is 4. The van der Waals surface area contributed by atoms with Crippen LogP contribution in [0.5, 0.6) is 0 Å². The maximum absolute atomic E-state index is 6.45. The quantitative estimate of drug-likeness (QED) is 0.134. The SMILES string of the molecule is c1ccc(-c2nc(-c3ccccc3)nc(-c3ccc(-n4c5ccccc5c5cc(-c6ccc7sc8ccccc8c7c6)ccc54)cc3)n2)cc1.c1ccc(-c2nc(-c3ccccc3)nc(-c3ccc4sc5ccc(-n6c7ccccc7c7cc(-c8cccc9c8oc8ccccc89)ccc76)cc5c4c3)n2)cc1. The Balaban J connectivity index is 0.000000138. The van der Waals surface area contributed by atoms with Crippen LogP contribution in [0.2, 0.25) is 0 Å². The molecule has 0 amide bonds.